The molecule has 0 unspecified atom stereocenters. The van der Waals surface area contributed by atoms with Gasteiger partial charge in [-0.2, -0.15) is 0 Å². The molecule has 0 fully saturated rings. The third-order valence-electron chi connectivity index (χ3n) is 3.80. The molecule has 1 aromatic heterocycles. The first-order valence-corrected chi connectivity index (χ1v) is 7.72. The normalized spacial score (nSPS) is 10.4. The highest BCUT2D eigenvalue weighted by molar-refractivity contribution is 6.30. The Bertz CT molecular complexity index is 770. The van der Waals surface area contributed by atoms with Crippen LogP contribution in [0.1, 0.15) is 21.6 Å². The van der Waals surface area contributed by atoms with E-state index in [9.17, 15) is 9.59 Å². The van der Waals surface area contributed by atoms with Crippen LogP contribution in [0.15, 0.2) is 30.5 Å². The SMILES string of the molecule is COC(=O)c1cccc(NC(=O)N(C)Cc2cc(Cl)cn2C)c1C. The van der Waals surface area contributed by atoms with Crippen LogP contribution in [0.5, 0.6) is 0 Å². The van der Waals surface area contributed by atoms with Crippen LogP contribution in [0.25, 0.3) is 0 Å². The van der Waals surface area contributed by atoms with E-state index in [2.05, 4.69) is 5.32 Å². The molecule has 7 heteroatoms. The number of halogens is 1. The summed E-state index contributed by atoms with van der Waals surface area (Å²) in [7, 11) is 4.89. The summed E-state index contributed by atoms with van der Waals surface area (Å²) < 4.78 is 6.61. The van der Waals surface area contributed by atoms with E-state index in [1.54, 1.807) is 38.4 Å². The molecule has 0 aliphatic carbocycles. The number of aryl methyl sites for hydroxylation is 1. The molecule has 0 aliphatic rings. The molecule has 1 heterocycles. The number of methoxy groups -OCH3 is 1. The summed E-state index contributed by atoms with van der Waals surface area (Å²) in [5, 5.41) is 3.44. The Morgan fingerprint density at radius 3 is 2.67 bits per heavy atom. The molecule has 0 atom stereocenters. The van der Waals surface area contributed by atoms with E-state index in [0.717, 1.165) is 5.69 Å². The second-order valence-electron chi connectivity index (χ2n) is 5.52. The van der Waals surface area contributed by atoms with Crippen LogP contribution in [-0.4, -0.2) is 35.6 Å². The Labute approximate surface area is 146 Å². The maximum absolute atomic E-state index is 12.4. The van der Waals surface area contributed by atoms with Gasteiger partial charge in [-0.05, 0) is 30.7 Å². The smallest absolute Gasteiger partial charge is 0.338 e. The fraction of sp³-hybridized carbons (Fsp3) is 0.294. The zero-order valence-electron chi connectivity index (χ0n) is 14.1. The summed E-state index contributed by atoms with van der Waals surface area (Å²) in [6.45, 7) is 2.17. The van der Waals surface area contributed by atoms with Crippen LogP contribution in [0, 0.1) is 6.92 Å². The lowest BCUT2D eigenvalue weighted by Gasteiger charge is -2.19. The van der Waals surface area contributed by atoms with Crippen LogP contribution < -0.4 is 5.32 Å². The van der Waals surface area contributed by atoms with Crippen LogP contribution in [0.3, 0.4) is 0 Å². The monoisotopic (exact) mass is 349 g/mol. The standard InChI is InChI=1S/C17H20ClN3O3/c1-11-14(16(22)24-4)6-5-7-15(11)19-17(23)21(3)10-13-8-12(18)9-20(13)2/h5-9H,10H2,1-4H3,(H,19,23). The predicted molar refractivity (Wildman–Crippen MR) is 93.4 cm³/mol. The first-order valence-electron chi connectivity index (χ1n) is 7.34. The van der Waals surface area contributed by atoms with Crippen molar-refractivity contribution in [3.05, 3.63) is 52.3 Å². The highest BCUT2D eigenvalue weighted by Gasteiger charge is 2.16. The number of esters is 1. The van der Waals surface area contributed by atoms with Crippen molar-refractivity contribution in [3.8, 4) is 0 Å². The van der Waals surface area contributed by atoms with Crippen LogP contribution >= 0.6 is 11.6 Å². The number of nitrogens with one attached hydrogen (secondary N) is 1. The molecule has 0 aliphatic heterocycles. The maximum Gasteiger partial charge on any atom is 0.338 e. The van der Waals surface area contributed by atoms with Gasteiger partial charge in [-0.1, -0.05) is 17.7 Å². The van der Waals surface area contributed by atoms with Gasteiger partial charge in [0.25, 0.3) is 0 Å². The van der Waals surface area contributed by atoms with E-state index in [0.29, 0.717) is 28.4 Å². The van der Waals surface area contributed by atoms with Crippen LogP contribution in [-0.2, 0) is 18.3 Å². The molecule has 6 nitrogen and oxygen atoms in total. The number of ether oxygens (including phenoxy) is 1. The number of urea groups is 1. The quantitative estimate of drug-likeness (QED) is 0.860. The zero-order chi connectivity index (χ0) is 17.9. The number of hydrogen-bond acceptors (Lipinski definition) is 3. The third-order valence-corrected chi connectivity index (χ3v) is 4.01. The summed E-state index contributed by atoms with van der Waals surface area (Å²) >= 11 is 5.96. The minimum absolute atomic E-state index is 0.280. The van der Waals surface area contributed by atoms with Crippen molar-refractivity contribution in [2.24, 2.45) is 7.05 Å². The van der Waals surface area contributed by atoms with E-state index in [4.69, 9.17) is 16.3 Å². The van der Waals surface area contributed by atoms with E-state index < -0.39 is 5.97 Å². The number of amides is 2. The molecule has 24 heavy (non-hydrogen) atoms. The average molecular weight is 350 g/mol. The van der Waals surface area contributed by atoms with Gasteiger partial charge in [-0.3, -0.25) is 0 Å². The lowest BCUT2D eigenvalue weighted by atomic mass is 10.1. The van der Waals surface area contributed by atoms with E-state index >= 15 is 0 Å². The van der Waals surface area contributed by atoms with Crippen molar-refractivity contribution in [2.75, 3.05) is 19.5 Å². The fourth-order valence-electron chi connectivity index (χ4n) is 2.35. The number of hydrogen-bond donors (Lipinski definition) is 1. The molecule has 2 rings (SSSR count). The van der Waals surface area contributed by atoms with Crippen molar-refractivity contribution in [1.82, 2.24) is 9.47 Å². The van der Waals surface area contributed by atoms with E-state index in [-0.39, 0.29) is 6.03 Å². The topological polar surface area (TPSA) is 63.6 Å². The number of carbonyl (C=O) groups is 2. The minimum Gasteiger partial charge on any atom is -0.465 e. The van der Waals surface area contributed by atoms with Gasteiger partial charge in [0, 0.05) is 31.7 Å². The van der Waals surface area contributed by atoms with Gasteiger partial charge in [0.2, 0.25) is 0 Å². The van der Waals surface area contributed by atoms with Gasteiger partial charge < -0.3 is 19.5 Å². The van der Waals surface area contributed by atoms with Gasteiger partial charge in [0.1, 0.15) is 0 Å². The van der Waals surface area contributed by atoms with Gasteiger partial charge in [-0.25, -0.2) is 9.59 Å². The molecule has 0 saturated carbocycles. The lowest BCUT2D eigenvalue weighted by molar-refractivity contribution is 0.0600. The molecule has 2 amide bonds. The number of rotatable bonds is 4. The van der Waals surface area contributed by atoms with Crippen molar-refractivity contribution in [3.63, 3.8) is 0 Å². The Kier molecular flexibility index (Phi) is 5.51. The Morgan fingerprint density at radius 1 is 1.38 bits per heavy atom. The second-order valence-corrected chi connectivity index (χ2v) is 5.95. The molecule has 0 bridgehead atoms. The van der Waals surface area contributed by atoms with Crippen molar-refractivity contribution < 1.29 is 14.3 Å². The Morgan fingerprint density at radius 2 is 2.08 bits per heavy atom. The Balaban J connectivity index is 2.12. The van der Waals surface area contributed by atoms with Gasteiger partial charge in [0.15, 0.2) is 0 Å². The molecule has 0 saturated heterocycles. The summed E-state index contributed by atoms with van der Waals surface area (Å²) in [6, 6.07) is 6.64. The predicted octanol–water partition coefficient (Wildman–Crippen LogP) is 3.44. The molecular weight excluding hydrogens is 330 g/mol. The second kappa shape index (κ2) is 7.40. The number of nitrogens with zero attached hydrogens (tertiary/aromatic N) is 2. The molecule has 1 aromatic carbocycles. The molecule has 0 spiro atoms. The number of aromatic nitrogens is 1. The number of anilines is 1. The third kappa shape index (κ3) is 3.89. The number of benzene rings is 1. The highest BCUT2D eigenvalue weighted by Crippen LogP contribution is 2.20. The average Bonchev–Trinajstić information content (AvgIpc) is 2.86. The Hall–Kier alpha value is -2.47. The minimum atomic E-state index is -0.435. The molecule has 2 aromatic rings. The van der Waals surface area contributed by atoms with Gasteiger partial charge in [0.05, 0.1) is 24.2 Å². The largest absolute Gasteiger partial charge is 0.465 e. The fourth-order valence-corrected chi connectivity index (χ4v) is 2.62. The van der Waals surface area contributed by atoms with Crippen molar-refractivity contribution >= 4 is 29.3 Å². The summed E-state index contributed by atoms with van der Waals surface area (Å²) in [4.78, 5) is 25.7. The first kappa shape index (κ1) is 17.9. The highest BCUT2D eigenvalue weighted by atomic mass is 35.5. The summed E-state index contributed by atoms with van der Waals surface area (Å²) in [6.07, 6.45) is 1.78. The van der Waals surface area contributed by atoms with E-state index in [1.807, 2.05) is 17.7 Å². The van der Waals surface area contributed by atoms with Gasteiger partial charge >= 0.3 is 12.0 Å². The maximum atomic E-state index is 12.4. The zero-order valence-corrected chi connectivity index (χ0v) is 14.8. The van der Waals surface area contributed by atoms with Crippen molar-refractivity contribution in [2.45, 2.75) is 13.5 Å². The van der Waals surface area contributed by atoms with E-state index in [1.165, 1.54) is 12.0 Å². The molecule has 0 radical (unpaired) electrons. The first-order chi connectivity index (χ1) is 11.3. The van der Waals surface area contributed by atoms with Crippen LogP contribution in [0.2, 0.25) is 5.02 Å². The van der Waals surface area contributed by atoms with Gasteiger partial charge in [-0.15, -0.1) is 0 Å². The molecule has 1 N–H and O–H groups in total. The van der Waals surface area contributed by atoms with Crippen LogP contribution in [0.4, 0.5) is 10.5 Å². The molecular formula is C17H20ClN3O3. The number of carbonyl (C=O) groups excluding carboxylic acids is 2. The lowest BCUT2D eigenvalue weighted by Crippen LogP contribution is -2.31. The molecule has 128 valence electrons. The van der Waals surface area contributed by atoms with Crippen molar-refractivity contribution in [1.29, 1.82) is 0 Å². The summed E-state index contributed by atoms with van der Waals surface area (Å²) in [5.74, 6) is -0.435. The summed E-state index contributed by atoms with van der Waals surface area (Å²) in [5.41, 5.74) is 2.57.